The summed E-state index contributed by atoms with van der Waals surface area (Å²) in [5.74, 6) is -1.13. The first-order valence-corrected chi connectivity index (χ1v) is 13.7. The Morgan fingerprint density at radius 1 is 1.00 bits per heavy atom. The average Bonchev–Trinajstić information content (AvgIpc) is 3.41. The van der Waals surface area contributed by atoms with E-state index in [4.69, 9.17) is 0 Å². The third kappa shape index (κ3) is 9.01. The molecule has 2 aromatic carbocycles. The van der Waals surface area contributed by atoms with Gasteiger partial charge in [-0.25, -0.2) is 13.2 Å². The second-order valence-electron chi connectivity index (χ2n) is 8.92. The van der Waals surface area contributed by atoms with E-state index in [1.54, 1.807) is 31.2 Å². The molecule has 0 atom stereocenters. The van der Waals surface area contributed by atoms with Gasteiger partial charge >= 0.3 is 12.3 Å². The number of hydrogen-bond donors (Lipinski definition) is 1. The van der Waals surface area contributed by atoms with E-state index in [0.717, 1.165) is 35.4 Å². The lowest BCUT2D eigenvalue weighted by Gasteiger charge is -2.21. The summed E-state index contributed by atoms with van der Waals surface area (Å²) in [5, 5.41) is 20.4. The first kappa shape index (κ1) is 34.0. The van der Waals surface area contributed by atoms with Gasteiger partial charge < -0.3 is 19.1 Å². The molecule has 3 aromatic rings. The molecule has 0 aliphatic heterocycles. The van der Waals surface area contributed by atoms with Gasteiger partial charge in [-0.05, 0) is 31.2 Å². The molecule has 0 aliphatic carbocycles. The predicted molar refractivity (Wildman–Crippen MR) is 139 cm³/mol. The van der Waals surface area contributed by atoms with Crippen LogP contribution in [0.15, 0.2) is 59.5 Å². The van der Waals surface area contributed by atoms with Crippen molar-refractivity contribution in [3.63, 3.8) is 0 Å². The Kier molecular flexibility index (Phi) is 10.5. The number of ether oxygens (including phenoxy) is 2. The van der Waals surface area contributed by atoms with Crippen molar-refractivity contribution in [3.8, 4) is 16.9 Å². The minimum atomic E-state index is -4.73. The molecule has 0 aliphatic rings. The number of rotatable bonds is 13. The van der Waals surface area contributed by atoms with Gasteiger partial charge in [-0.15, -0.1) is 20.2 Å². The molecule has 0 radical (unpaired) electrons. The van der Waals surface area contributed by atoms with Crippen molar-refractivity contribution in [2.45, 2.75) is 31.0 Å². The van der Waals surface area contributed by atoms with Crippen LogP contribution in [0.4, 0.5) is 18.0 Å². The lowest BCUT2D eigenvalue weighted by molar-refractivity contribution is -0.768. The Hall–Kier alpha value is -5.47. The summed E-state index contributed by atoms with van der Waals surface area (Å²) in [6.45, 7) is -0.652. The molecular formula is C24H23F3N5O12S+. The molecule has 1 N–H and O–H groups in total. The molecule has 0 spiro atoms. The maximum absolute atomic E-state index is 13.5. The number of carbonyl (C=O) groups excluding carboxylic acids is 2. The number of halogens is 3. The van der Waals surface area contributed by atoms with E-state index in [0.29, 0.717) is 5.56 Å². The first-order valence-electron chi connectivity index (χ1n) is 12.3. The van der Waals surface area contributed by atoms with Gasteiger partial charge in [0.05, 0.1) is 4.90 Å². The van der Waals surface area contributed by atoms with Crippen LogP contribution in [0.3, 0.4) is 0 Å². The molecule has 1 heterocycles. The van der Waals surface area contributed by atoms with Gasteiger partial charge in [0.2, 0.25) is 17.3 Å². The second kappa shape index (κ2) is 13.9. The van der Waals surface area contributed by atoms with Crippen LogP contribution in [-0.4, -0.2) is 66.1 Å². The number of alkyl halides is 3. The van der Waals surface area contributed by atoms with Crippen LogP contribution in [0.25, 0.3) is 16.9 Å². The van der Waals surface area contributed by atoms with Crippen LogP contribution in [0, 0.1) is 27.2 Å². The molecule has 242 valence electrons. The molecule has 0 bridgehead atoms. The average molecular weight is 663 g/mol. The third-order valence-electron chi connectivity index (χ3n) is 5.74. The van der Waals surface area contributed by atoms with Crippen molar-refractivity contribution >= 4 is 22.1 Å². The van der Waals surface area contributed by atoms with E-state index in [2.05, 4.69) is 24.2 Å². The molecule has 1 aromatic heterocycles. The van der Waals surface area contributed by atoms with Gasteiger partial charge in [-0.2, -0.15) is 22.6 Å². The maximum Gasteiger partial charge on any atom is 0.510 e. The smallest absolute Gasteiger partial charge is 0.427 e. The fraction of sp³-hybridized carbons (Fsp3) is 0.292. The van der Waals surface area contributed by atoms with Gasteiger partial charge in [0.15, 0.2) is 18.5 Å². The van der Waals surface area contributed by atoms with E-state index in [9.17, 15) is 51.4 Å². The van der Waals surface area contributed by atoms with Crippen molar-refractivity contribution in [1.82, 2.24) is 9.40 Å². The molecule has 0 saturated heterocycles. The largest absolute Gasteiger partial charge is 0.510 e. The molecule has 0 fully saturated rings. The SMILES string of the molecule is CC(=O)N(COC(=O)OC(CO[N+](=O)[O-])CO[N+](=O)[O-])S(=O)(=O)c1ccc(-[n+]2[nH]c(C(F)(F)F)cc2-c2ccc(C)cc2)cc1. The van der Waals surface area contributed by atoms with Crippen molar-refractivity contribution in [2.75, 3.05) is 19.9 Å². The number of hydrogen-bond acceptors (Lipinski definition) is 12. The lowest BCUT2D eigenvalue weighted by Crippen LogP contribution is -2.39. The summed E-state index contributed by atoms with van der Waals surface area (Å²) in [6, 6.07) is 11.8. The standard InChI is InChI=1S/C24H22F3N5O12S/c1-15-3-5-17(6-4-15)21-11-22(24(25,26)27)28-30(21)18-7-9-20(10-8-18)45(39,40)29(16(2)33)14-41-23(34)44-19(12-42-31(35)36)13-43-32(37)38/h3-11,19H,12-14H2,1-2H3/p+1. The number of nitrogens with one attached hydrogen (secondary N) is 1. The zero-order valence-corrected chi connectivity index (χ0v) is 23.9. The Morgan fingerprint density at radius 2 is 1.56 bits per heavy atom. The first-order chi connectivity index (χ1) is 21.0. The van der Waals surface area contributed by atoms with Gasteiger partial charge in [0.25, 0.3) is 20.2 Å². The molecule has 0 saturated carbocycles. The number of aromatic amines is 1. The van der Waals surface area contributed by atoms with Gasteiger partial charge in [-0.3, -0.25) is 4.79 Å². The Balaban J connectivity index is 1.82. The van der Waals surface area contributed by atoms with E-state index in [-0.39, 0.29) is 15.7 Å². The molecule has 0 unspecified atom stereocenters. The molecule has 1 amide bonds. The summed E-state index contributed by atoms with van der Waals surface area (Å²) in [6.07, 6.45) is -8.16. The normalized spacial score (nSPS) is 11.5. The Bertz CT molecular complexity index is 1640. The van der Waals surface area contributed by atoms with Gasteiger partial charge in [-0.1, -0.05) is 22.4 Å². The number of benzene rings is 2. The topological polar surface area (TPSA) is 214 Å². The molecular weight excluding hydrogens is 639 g/mol. The van der Waals surface area contributed by atoms with E-state index >= 15 is 0 Å². The number of aromatic nitrogens is 2. The van der Waals surface area contributed by atoms with Crippen LogP contribution in [0.1, 0.15) is 18.2 Å². The fourth-order valence-electron chi connectivity index (χ4n) is 3.61. The number of nitrogens with zero attached hydrogens (tertiary/aromatic N) is 4. The van der Waals surface area contributed by atoms with Crippen molar-refractivity contribution < 1.29 is 65.2 Å². The van der Waals surface area contributed by atoms with Crippen LogP contribution in [0.5, 0.6) is 0 Å². The Labute approximate surface area is 250 Å². The lowest BCUT2D eigenvalue weighted by atomic mass is 10.1. The quantitative estimate of drug-likeness (QED) is 0.0919. The highest BCUT2D eigenvalue weighted by atomic mass is 32.2. The summed E-state index contributed by atoms with van der Waals surface area (Å²) in [7, 11) is -4.73. The summed E-state index contributed by atoms with van der Waals surface area (Å²) in [5.41, 5.74) is 0.424. The summed E-state index contributed by atoms with van der Waals surface area (Å²) in [4.78, 5) is 52.4. The van der Waals surface area contributed by atoms with Crippen molar-refractivity contribution in [3.05, 3.63) is 86.1 Å². The Morgan fingerprint density at radius 3 is 2.04 bits per heavy atom. The van der Waals surface area contributed by atoms with Crippen LogP contribution in [0.2, 0.25) is 0 Å². The van der Waals surface area contributed by atoms with Crippen molar-refractivity contribution in [1.29, 1.82) is 0 Å². The number of H-pyrrole nitrogens is 1. The molecule has 17 nitrogen and oxygen atoms in total. The highest BCUT2D eigenvalue weighted by Gasteiger charge is 2.38. The summed E-state index contributed by atoms with van der Waals surface area (Å²) >= 11 is 0. The fourth-order valence-corrected chi connectivity index (χ4v) is 4.87. The van der Waals surface area contributed by atoms with Crippen LogP contribution < -0.4 is 4.68 Å². The number of sulfonamides is 1. The maximum atomic E-state index is 13.5. The monoisotopic (exact) mass is 662 g/mol. The number of aryl methyl sites for hydroxylation is 1. The minimum Gasteiger partial charge on any atom is -0.427 e. The van der Waals surface area contributed by atoms with Crippen LogP contribution in [-0.2, 0) is 40.1 Å². The zero-order chi connectivity index (χ0) is 33.5. The predicted octanol–water partition coefficient (Wildman–Crippen LogP) is 2.72. The highest BCUT2D eigenvalue weighted by molar-refractivity contribution is 7.89. The molecule has 45 heavy (non-hydrogen) atoms. The third-order valence-corrected chi connectivity index (χ3v) is 7.55. The molecule has 3 rings (SSSR count). The van der Waals surface area contributed by atoms with E-state index in [1.165, 1.54) is 12.1 Å². The van der Waals surface area contributed by atoms with Gasteiger partial charge in [0, 0.05) is 30.7 Å². The van der Waals surface area contributed by atoms with Gasteiger partial charge in [0.1, 0.15) is 13.2 Å². The minimum absolute atomic E-state index is 0.0918. The summed E-state index contributed by atoms with van der Waals surface area (Å²) < 4.78 is 77.4. The van der Waals surface area contributed by atoms with E-state index in [1.807, 2.05) is 0 Å². The zero-order valence-electron chi connectivity index (χ0n) is 23.1. The number of carbonyl (C=O) groups is 2. The van der Waals surface area contributed by atoms with Crippen molar-refractivity contribution in [2.24, 2.45) is 0 Å². The van der Waals surface area contributed by atoms with E-state index < -0.39 is 75.1 Å². The molecule has 21 heteroatoms. The second-order valence-corrected chi connectivity index (χ2v) is 10.8. The number of amides is 1. The highest BCUT2D eigenvalue weighted by Crippen LogP contribution is 2.30. The van der Waals surface area contributed by atoms with Crippen LogP contribution >= 0.6 is 0 Å².